The zero-order valence-corrected chi connectivity index (χ0v) is 14.3. The maximum atomic E-state index is 13.6. The zero-order valence-electron chi connectivity index (χ0n) is 12.6. The number of nitrogens with zero attached hydrogens (tertiary/aromatic N) is 1. The van der Waals surface area contributed by atoms with Crippen LogP contribution in [0.25, 0.3) is 0 Å². The molecule has 2 aromatic rings. The number of anilines is 1. The second kappa shape index (κ2) is 7.18. The molecule has 0 amide bonds. The Morgan fingerprint density at radius 2 is 1.52 bits per heavy atom. The number of nitro groups is 1. The monoisotopic (exact) mass is 356 g/mol. The largest absolute Gasteiger partial charge is 0.386 e. The fourth-order valence-corrected chi connectivity index (χ4v) is 4.40. The Morgan fingerprint density at radius 1 is 1.00 bits per heavy atom. The van der Waals surface area contributed by atoms with Crippen molar-refractivity contribution in [2.75, 3.05) is 12.4 Å². The lowest BCUT2D eigenvalue weighted by molar-refractivity contribution is -0.387. The molecule has 0 bridgehead atoms. The van der Waals surface area contributed by atoms with Gasteiger partial charge in [0.25, 0.3) is 0 Å². The Hall–Kier alpha value is -1.80. The van der Waals surface area contributed by atoms with E-state index in [1.807, 2.05) is 0 Å². The average molecular weight is 356 g/mol. The molecule has 0 spiro atoms. The van der Waals surface area contributed by atoms with Crippen molar-refractivity contribution in [2.45, 2.75) is 23.6 Å². The fraction of sp³-hybridized carbons (Fsp3) is 0.200. The van der Waals surface area contributed by atoms with Gasteiger partial charge in [0.1, 0.15) is 5.82 Å². The van der Waals surface area contributed by atoms with Crippen LogP contribution >= 0.6 is 21.6 Å². The molecule has 2 rings (SSSR count). The van der Waals surface area contributed by atoms with Gasteiger partial charge in [0, 0.05) is 22.9 Å². The summed E-state index contributed by atoms with van der Waals surface area (Å²) in [6, 6.07) is 5.47. The lowest BCUT2D eigenvalue weighted by Crippen LogP contribution is -1.95. The summed E-state index contributed by atoms with van der Waals surface area (Å²) in [7, 11) is 4.25. The van der Waals surface area contributed by atoms with Gasteiger partial charge in [-0.15, -0.1) is 0 Å². The van der Waals surface area contributed by atoms with E-state index in [2.05, 4.69) is 5.32 Å². The van der Waals surface area contributed by atoms with Crippen LogP contribution in [-0.2, 0) is 0 Å². The van der Waals surface area contributed by atoms with Gasteiger partial charge in [0.05, 0.1) is 10.6 Å². The van der Waals surface area contributed by atoms with Crippen LogP contribution in [0.2, 0.25) is 0 Å². The average Bonchev–Trinajstić information content (AvgIpc) is 2.47. The van der Waals surface area contributed by atoms with Crippen LogP contribution in [0.5, 0.6) is 0 Å². The van der Waals surface area contributed by atoms with E-state index in [0.29, 0.717) is 16.1 Å². The molecule has 0 radical (unpaired) electrons. The summed E-state index contributed by atoms with van der Waals surface area (Å²) >= 11 is 0. The van der Waals surface area contributed by atoms with E-state index in [0.717, 1.165) is 16.5 Å². The maximum Gasteiger partial charge on any atom is 0.305 e. The predicted molar refractivity (Wildman–Crippen MR) is 90.2 cm³/mol. The summed E-state index contributed by atoms with van der Waals surface area (Å²) in [5.41, 5.74) is 1.19. The molecule has 0 atom stereocenters. The molecule has 122 valence electrons. The Morgan fingerprint density at radius 3 is 2.04 bits per heavy atom. The summed E-state index contributed by atoms with van der Waals surface area (Å²) in [5.74, 6) is -1.19. The normalized spacial score (nSPS) is 10.7. The number of halogens is 2. The molecule has 0 aromatic heterocycles. The number of nitrogens with one attached hydrogen (secondary N) is 1. The van der Waals surface area contributed by atoms with Gasteiger partial charge in [0.15, 0.2) is 0 Å². The second-order valence-electron chi connectivity index (χ2n) is 4.84. The molecule has 0 aliphatic heterocycles. The number of benzene rings is 2. The third-order valence-electron chi connectivity index (χ3n) is 3.20. The van der Waals surface area contributed by atoms with Gasteiger partial charge in [-0.1, -0.05) is 21.6 Å². The minimum absolute atomic E-state index is 0.340. The van der Waals surface area contributed by atoms with E-state index in [9.17, 15) is 18.9 Å². The second-order valence-corrected chi connectivity index (χ2v) is 7.05. The van der Waals surface area contributed by atoms with Gasteiger partial charge in [-0.25, -0.2) is 4.39 Å². The first kappa shape index (κ1) is 17.6. The maximum absolute atomic E-state index is 13.6. The minimum atomic E-state index is -0.850. The minimum Gasteiger partial charge on any atom is -0.386 e. The molecule has 0 aliphatic rings. The molecule has 0 heterocycles. The first-order valence-electron chi connectivity index (χ1n) is 6.60. The number of rotatable bonds is 5. The van der Waals surface area contributed by atoms with Crippen molar-refractivity contribution < 1.29 is 13.7 Å². The molecule has 0 saturated carbocycles. The van der Waals surface area contributed by atoms with Crippen molar-refractivity contribution in [1.82, 2.24) is 0 Å². The lowest BCUT2D eigenvalue weighted by Gasteiger charge is -2.10. The van der Waals surface area contributed by atoms with Crippen molar-refractivity contribution in [3.63, 3.8) is 0 Å². The number of aryl methyl sites for hydroxylation is 2. The Kier molecular flexibility index (Phi) is 5.48. The van der Waals surface area contributed by atoms with E-state index >= 15 is 0 Å². The third kappa shape index (κ3) is 3.94. The highest BCUT2D eigenvalue weighted by Gasteiger charge is 2.17. The Labute approximate surface area is 140 Å². The molecule has 4 nitrogen and oxygen atoms in total. The Balaban J connectivity index is 2.28. The van der Waals surface area contributed by atoms with Crippen LogP contribution in [0.4, 0.5) is 20.2 Å². The molecular weight excluding hydrogens is 342 g/mol. The van der Waals surface area contributed by atoms with E-state index in [1.165, 1.54) is 33.7 Å². The van der Waals surface area contributed by atoms with Gasteiger partial charge in [-0.2, -0.15) is 4.39 Å². The molecule has 8 heteroatoms. The van der Waals surface area contributed by atoms with Crippen molar-refractivity contribution in [1.29, 1.82) is 0 Å². The van der Waals surface area contributed by atoms with E-state index < -0.39 is 16.4 Å². The number of hydrogen-bond donors (Lipinski definition) is 1. The summed E-state index contributed by atoms with van der Waals surface area (Å²) < 4.78 is 27.2. The molecular formula is C15H14F2N2O2S2. The molecule has 2 aromatic carbocycles. The lowest BCUT2D eigenvalue weighted by atomic mass is 10.2. The van der Waals surface area contributed by atoms with Crippen LogP contribution in [-0.4, -0.2) is 12.0 Å². The number of nitro benzene ring substituents is 1. The number of hydrogen-bond acceptors (Lipinski definition) is 5. The zero-order chi connectivity index (χ0) is 17.1. The molecule has 0 saturated heterocycles. The van der Waals surface area contributed by atoms with Crippen molar-refractivity contribution in [3.8, 4) is 0 Å². The topological polar surface area (TPSA) is 55.2 Å². The summed E-state index contributed by atoms with van der Waals surface area (Å²) in [5, 5.41) is 13.6. The fourth-order valence-electron chi connectivity index (χ4n) is 1.90. The first-order valence-corrected chi connectivity index (χ1v) is 8.75. The van der Waals surface area contributed by atoms with Crippen molar-refractivity contribution in [3.05, 3.63) is 57.1 Å². The smallest absolute Gasteiger partial charge is 0.305 e. The highest BCUT2D eigenvalue weighted by molar-refractivity contribution is 8.76. The molecule has 0 aliphatic carbocycles. The van der Waals surface area contributed by atoms with Gasteiger partial charge in [-0.3, -0.25) is 10.1 Å². The highest BCUT2D eigenvalue weighted by Crippen LogP contribution is 2.43. The predicted octanol–water partition coefficient (Wildman–Crippen LogP) is 5.33. The van der Waals surface area contributed by atoms with E-state index in [4.69, 9.17) is 0 Å². The van der Waals surface area contributed by atoms with Crippen LogP contribution in [0, 0.1) is 35.6 Å². The van der Waals surface area contributed by atoms with Crippen LogP contribution in [0.3, 0.4) is 0 Å². The van der Waals surface area contributed by atoms with Crippen LogP contribution in [0.15, 0.2) is 34.1 Å². The summed E-state index contributed by atoms with van der Waals surface area (Å²) in [6.45, 7) is 3.47. The molecule has 23 heavy (non-hydrogen) atoms. The van der Waals surface area contributed by atoms with E-state index in [1.54, 1.807) is 27.0 Å². The first-order chi connectivity index (χ1) is 10.8. The van der Waals surface area contributed by atoms with Crippen LogP contribution < -0.4 is 5.32 Å². The quantitative estimate of drug-likeness (QED) is 0.446. The van der Waals surface area contributed by atoms with Gasteiger partial charge >= 0.3 is 5.69 Å². The van der Waals surface area contributed by atoms with Crippen LogP contribution in [0.1, 0.15) is 11.1 Å². The standard InChI is InChI=1S/C15H14F2N2O2S2/c1-8-4-10(16)12(18-3)6-14(8)22-23-15-7-13(19(20)21)11(17)5-9(15)2/h4-7,18H,1-3H3. The highest BCUT2D eigenvalue weighted by atomic mass is 33.1. The molecule has 0 fully saturated rings. The van der Waals surface area contributed by atoms with Gasteiger partial charge < -0.3 is 5.32 Å². The van der Waals surface area contributed by atoms with Crippen molar-refractivity contribution >= 4 is 33.0 Å². The SMILES string of the molecule is CNc1cc(SSc2cc([N+](=O)[O-])c(F)cc2C)c(C)cc1F. The Bertz CT molecular complexity index is 770. The van der Waals surface area contributed by atoms with Crippen molar-refractivity contribution in [2.24, 2.45) is 0 Å². The molecule has 1 N–H and O–H groups in total. The summed E-state index contributed by atoms with van der Waals surface area (Å²) in [4.78, 5) is 11.5. The van der Waals surface area contributed by atoms with Gasteiger partial charge in [-0.05, 0) is 43.2 Å². The molecule has 0 unspecified atom stereocenters. The third-order valence-corrected chi connectivity index (χ3v) is 5.85. The van der Waals surface area contributed by atoms with E-state index in [-0.39, 0.29) is 5.82 Å². The summed E-state index contributed by atoms with van der Waals surface area (Å²) in [6.07, 6.45) is 0. The van der Waals surface area contributed by atoms with Gasteiger partial charge in [0.2, 0.25) is 5.82 Å².